The van der Waals surface area contributed by atoms with Crippen molar-refractivity contribution in [1.82, 2.24) is 0 Å². The van der Waals surface area contributed by atoms with Gasteiger partial charge < -0.3 is 5.11 Å². The fraction of sp³-hybridized carbons (Fsp3) is 0.0625. The predicted molar refractivity (Wildman–Crippen MR) is 79.8 cm³/mol. The Morgan fingerprint density at radius 2 is 1.58 bits per heavy atom. The molecule has 2 aromatic carbocycles. The van der Waals surface area contributed by atoms with E-state index in [1.54, 1.807) is 0 Å². The smallest absolute Gasteiger partial charge is 0.329 e. The van der Waals surface area contributed by atoms with Crippen LogP contribution in [0.15, 0.2) is 66.7 Å². The Labute approximate surface area is 116 Å². The van der Waals surface area contributed by atoms with Crippen LogP contribution in [0.4, 0.5) is 0 Å². The molecule has 2 nitrogen and oxygen atoms in total. The molecule has 0 amide bonds. The molecular formula is C16H14O2S. The van der Waals surface area contributed by atoms with Gasteiger partial charge in [-0.1, -0.05) is 60.7 Å². The Morgan fingerprint density at radius 1 is 1.00 bits per heavy atom. The van der Waals surface area contributed by atoms with Crippen LogP contribution in [0.5, 0.6) is 0 Å². The topological polar surface area (TPSA) is 37.3 Å². The molecule has 0 aliphatic heterocycles. The van der Waals surface area contributed by atoms with Crippen molar-refractivity contribution in [1.29, 1.82) is 0 Å². The zero-order chi connectivity index (χ0) is 13.5. The van der Waals surface area contributed by atoms with Gasteiger partial charge in [-0.3, -0.25) is 0 Å². The summed E-state index contributed by atoms with van der Waals surface area (Å²) in [5.74, 6) is -0.158. The average molecular weight is 270 g/mol. The average Bonchev–Trinajstić information content (AvgIpc) is 2.45. The van der Waals surface area contributed by atoms with Crippen molar-refractivity contribution in [3.63, 3.8) is 0 Å². The first-order chi connectivity index (χ1) is 9.25. The molecule has 0 aliphatic rings. The van der Waals surface area contributed by atoms with Gasteiger partial charge in [0.2, 0.25) is 0 Å². The highest BCUT2D eigenvalue weighted by molar-refractivity contribution is 8.07. The molecule has 3 heteroatoms. The maximum Gasteiger partial charge on any atom is 0.329 e. The number of carboxylic acids is 1. The summed E-state index contributed by atoms with van der Waals surface area (Å²) in [6, 6.07) is 19.6. The van der Waals surface area contributed by atoms with Gasteiger partial charge in [0.25, 0.3) is 0 Å². The van der Waals surface area contributed by atoms with Crippen molar-refractivity contribution in [2.24, 2.45) is 0 Å². The highest BCUT2D eigenvalue weighted by Crippen LogP contribution is 2.30. The van der Waals surface area contributed by atoms with E-state index in [4.69, 9.17) is 5.11 Å². The molecule has 2 aromatic rings. The number of hydrogen-bond acceptors (Lipinski definition) is 2. The third kappa shape index (κ3) is 4.30. The summed E-state index contributed by atoms with van der Waals surface area (Å²) < 4.78 is 0. The standard InChI is InChI=1S/C16H14O2S/c17-16(18)11-15(14-9-5-2-6-10-14)19-12-13-7-3-1-4-8-13/h1-11H,12H2,(H,17,18)/b15-11-. The molecule has 96 valence electrons. The van der Waals surface area contributed by atoms with E-state index in [0.29, 0.717) is 0 Å². The number of carboxylic acid groups (broad SMARTS) is 1. The van der Waals surface area contributed by atoms with Gasteiger partial charge in [-0.05, 0) is 11.1 Å². The minimum Gasteiger partial charge on any atom is -0.478 e. The Balaban J connectivity index is 2.14. The monoisotopic (exact) mass is 270 g/mol. The van der Waals surface area contributed by atoms with Crippen molar-refractivity contribution >= 4 is 22.6 Å². The van der Waals surface area contributed by atoms with Gasteiger partial charge in [0, 0.05) is 16.7 Å². The summed E-state index contributed by atoms with van der Waals surface area (Å²) in [5, 5.41) is 8.95. The number of hydrogen-bond donors (Lipinski definition) is 1. The first-order valence-corrected chi connectivity index (χ1v) is 6.91. The normalized spacial score (nSPS) is 11.3. The fourth-order valence-corrected chi connectivity index (χ4v) is 2.66. The highest BCUT2D eigenvalue weighted by atomic mass is 32.2. The van der Waals surface area contributed by atoms with E-state index in [0.717, 1.165) is 16.2 Å². The third-order valence-electron chi connectivity index (χ3n) is 2.55. The lowest BCUT2D eigenvalue weighted by atomic mass is 10.2. The summed E-state index contributed by atoms with van der Waals surface area (Å²) in [6.07, 6.45) is 1.27. The molecule has 0 spiro atoms. The molecule has 0 radical (unpaired) electrons. The van der Waals surface area contributed by atoms with Gasteiger partial charge in [0.15, 0.2) is 0 Å². The van der Waals surface area contributed by atoms with Crippen LogP contribution in [0, 0.1) is 0 Å². The second-order valence-corrected chi connectivity index (χ2v) is 5.00. The lowest BCUT2D eigenvalue weighted by molar-refractivity contribution is -0.131. The Morgan fingerprint density at radius 3 is 2.16 bits per heavy atom. The largest absolute Gasteiger partial charge is 0.478 e. The molecule has 0 saturated heterocycles. The summed E-state index contributed by atoms with van der Waals surface area (Å²) in [7, 11) is 0. The molecule has 0 fully saturated rings. The lowest BCUT2D eigenvalue weighted by Crippen LogP contribution is -1.91. The second-order valence-electron chi connectivity index (χ2n) is 3.99. The summed E-state index contributed by atoms with van der Waals surface area (Å²) in [5.41, 5.74) is 2.12. The van der Waals surface area contributed by atoms with E-state index in [1.165, 1.54) is 23.4 Å². The Kier molecular flexibility index (Phi) is 4.81. The number of carbonyl (C=O) groups is 1. The van der Waals surface area contributed by atoms with Gasteiger partial charge in [-0.25, -0.2) is 4.79 Å². The maximum atomic E-state index is 10.9. The van der Waals surface area contributed by atoms with Gasteiger partial charge in [0.05, 0.1) is 0 Å². The number of rotatable bonds is 5. The van der Waals surface area contributed by atoms with Crippen molar-refractivity contribution in [2.45, 2.75) is 5.75 Å². The van der Waals surface area contributed by atoms with Gasteiger partial charge in [-0.15, -0.1) is 11.8 Å². The van der Waals surface area contributed by atoms with E-state index < -0.39 is 5.97 Å². The Bertz CT molecular complexity index is 562. The Hall–Kier alpha value is -2.00. The van der Waals surface area contributed by atoms with Crippen LogP contribution in [0.3, 0.4) is 0 Å². The van der Waals surface area contributed by atoms with Crippen LogP contribution in [0.2, 0.25) is 0 Å². The maximum absolute atomic E-state index is 10.9. The molecule has 0 unspecified atom stereocenters. The van der Waals surface area contributed by atoms with Crippen LogP contribution in [-0.4, -0.2) is 11.1 Å². The quantitative estimate of drug-likeness (QED) is 0.833. The molecule has 19 heavy (non-hydrogen) atoms. The fourth-order valence-electron chi connectivity index (χ4n) is 1.66. The molecule has 0 aliphatic carbocycles. The van der Waals surface area contributed by atoms with Crippen LogP contribution < -0.4 is 0 Å². The van der Waals surface area contributed by atoms with Gasteiger partial charge in [-0.2, -0.15) is 0 Å². The third-order valence-corrected chi connectivity index (χ3v) is 3.69. The molecule has 1 N–H and O–H groups in total. The number of thioether (sulfide) groups is 1. The van der Waals surface area contributed by atoms with E-state index in [2.05, 4.69) is 0 Å². The first kappa shape index (κ1) is 13.4. The van der Waals surface area contributed by atoms with Crippen molar-refractivity contribution < 1.29 is 9.90 Å². The van der Waals surface area contributed by atoms with Crippen molar-refractivity contribution in [2.75, 3.05) is 0 Å². The SMILES string of the molecule is O=C(O)/C=C(\SCc1ccccc1)c1ccccc1. The van der Waals surface area contributed by atoms with Gasteiger partial charge in [0.1, 0.15) is 0 Å². The predicted octanol–water partition coefficient (Wildman–Crippen LogP) is 4.05. The van der Waals surface area contributed by atoms with E-state index in [-0.39, 0.29) is 0 Å². The van der Waals surface area contributed by atoms with E-state index in [1.807, 2.05) is 60.7 Å². The zero-order valence-corrected chi connectivity index (χ0v) is 11.1. The molecule has 0 aromatic heterocycles. The molecule has 0 bridgehead atoms. The van der Waals surface area contributed by atoms with Crippen LogP contribution >= 0.6 is 11.8 Å². The summed E-state index contributed by atoms with van der Waals surface area (Å²) >= 11 is 1.54. The zero-order valence-electron chi connectivity index (χ0n) is 10.3. The summed E-state index contributed by atoms with van der Waals surface area (Å²) in [4.78, 5) is 11.7. The van der Waals surface area contributed by atoms with Gasteiger partial charge >= 0.3 is 5.97 Å². The van der Waals surface area contributed by atoms with Crippen molar-refractivity contribution in [3.8, 4) is 0 Å². The molecule has 0 atom stereocenters. The van der Waals surface area contributed by atoms with Crippen LogP contribution in [-0.2, 0) is 10.5 Å². The molecule has 2 rings (SSSR count). The number of aliphatic carboxylic acids is 1. The van der Waals surface area contributed by atoms with E-state index in [9.17, 15) is 4.79 Å². The van der Waals surface area contributed by atoms with Crippen LogP contribution in [0.1, 0.15) is 11.1 Å². The van der Waals surface area contributed by atoms with Crippen LogP contribution in [0.25, 0.3) is 4.91 Å². The van der Waals surface area contributed by atoms with Crippen molar-refractivity contribution in [3.05, 3.63) is 77.9 Å². The highest BCUT2D eigenvalue weighted by Gasteiger charge is 2.05. The lowest BCUT2D eigenvalue weighted by Gasteiger charge is -2.07. The molecule has 0 saturated carbocycles. The molecular weight excluding hydrogens is 256 g/mol. The van der Waals surface area contributed by atoms with E-state index >= 15 is 0 Å². The number of benzene rings is 2. The second kappa shape index (κ2) is 6.81. The minimum absolute atomic E-state index is 0.759. The summed E-state index contributed by atoms with van der Waals surface area (Å²) in [6.45, 7) is 0. The minimum atomic E-state index is -0.917. The molecule has 0 heterocycles. The first-order valence-electron chi connectivity index (χ1n) is 5.92.